The van der Waals surface area contributed by atoms with E-state index in [4.69, 9.17) is 4.74 Å². The van der Waals surface area contributed by atoms with E-state index in [0.717, 1.165) is 31.2 Å². The summed E-state index contributed by atoms with van der Waals surface area (Å²) in [5.41, 5.74) is 0.290. The zero-order valence-corrected chi connectivity index (χ0v) is 15.4. The van der Waals surface area contributed by atoms with Crippen LogP contribution in [0.15, 0.2) is 42.5 Å². The van der Waals surface area contributed by atoms with Crippen molar-refractivity contribution in [3.8, 4) is 0 Å². The normalized spacial score (nSPS) is 16.7. The number of nitrogens with one attached hydrogen (secondary N) is 1. The van der Waals surface area contributed by atoms with Crippen LogP contribution >= 0.6 is 0 Å². The Morgan fingerprint density at radius 3 is 2.38 bits per heavy atom. The highest BCUT2D eigenvalue weighted by Crippen LogP contribution is 2.28. The highest BCUT2D eigenvalue weighted by Gasteiger charge is 2.40. The van der Waals surface area contributed by atoms with Crippen molar-refractivity contribution in [2.75, 3.05) is 7.11 Å². The lowest BCUT2D eigenvalue weighted by atomic mass is 9.89. The van der Waals surface area contributed by atoms with Crippen LogP contribution in [0.5, 0.6) is 0 Å². The fraction of sp³-hybridized carbons (Fsp3) is 0.455. The summed E-state index contributed by atoms with van der Waals surface area (Å²) in [6.07, 6.45) is 6.46. The van der Waals surface area contributed by atoms with Crippen molar-refractivity contribution in [2.45, 2.75) is 56.9 Å². The Hall–Kier alpha value is -2.36. The Morgan fingerprint density at radius 2 is 1.69 bits per heavy atom. The molecule has 1 aliphatic rings. The summed E-state index contributed by atoms with van der Waals surface area (Å²) in [6, 6.07) is 14.5. The lowest BCUT2D eigenvalue weighted by molar-refractivity contribution is -0.151. The molecule has 0 radical (unpaired) electrons. The van der Waals surface area contributed by atoms with Gasteiger partial charge in [0.2, 0.25) is 5.91 Å². The number of aryl methyl sites for hydroxylation is 1. The smallest absolute Gasteiger partial charge is 0.331 e. The molecule has 0 aromatic heterocycles. The summed E-state index contributed by atoms with van der Waals surface area (Å²) in [6.45, 7) is 0. The lowest BCUT2D eigenvalue weighted by Crippen LogP contribution is -2.54. The van der Waals surface area contributed by atoms with Crippen molar-refractivity contribution in [3.05, 3.63) is 48.0 Å². The number of rotatable bonds is 5. The average Bonchev–Trinajstić information content (AvgIpc) is 2.92. The first-order valence-corrected chi connectivity index (χ1v) is 9.50. The number of hydrogen-bond donors (Lipinski definition) is 1. The fourth-order valence-electron chi connectivity index (χ4n) is 3.89. The number of hydrogen-bond acceptors (Lipinski definition) is 3. The summed E-state index contributed by atoms with van der Waals surface area (Å²) in [7, 11) is 1.40. The standard InChI is InChI=1S/C22H27NO3/c1-26-21(25)22(14-6-2-3-7-15-22)23-20(24)13-11-17-10-12-18-8-4-5-9-19(18)16-17/h4-5,8-10,12,16H,2-3,6-7,11,13-15H2,1H3,(H,23,24). The molecular weight excluding hydrogens is 326 g/mol. The second kappa shape index (κ2) is 8.35. The van der Waals surface area contributed by atoms with Gasteiger partial charge in [-0.3, -0.25) is 4.79 Å². The van der Waals surface area contributed by atoms with Crippen LogP contribution in [0, 0.1) is 0 Å². The molecule has 1 N–H and O–H groups in total. The van der Waals surface area contributed by atoms with Crippen molar-refractivity contribution in [3.63, 3.8) is 0 Å². The van der Waals surface area contributed by atoms with E-state index in [2.05, 4.69) is 35.6 Å². The summed E-state index contributed by atoms with van der Waals surface area (Å²) < 4.78 is 5.01. The maximum atomic E-state index is 12.6. The van der Waals surface area contributed by atoms with Gasteiger partial charge in [-0.1, -0.05) is 68.1 Å². The Labute approximate surface area is 154 Å². The maximum Gasteiger partial charge on any atom is 0.331 e. The van der Waals surface area contributed by atoms with Crippen molar-refractivity contribution >= 4 is 22.6 Å². The summed E-state index contributed by atoms with van der Waals surface area (Å²) in [4.78, 5) is 24.9. The fourth-order valence-corrected chi connectivity index (χ4v) is 3.89. The van der Waals surface area contributed by atoms with Gasteiger partial charge in [-0.05, 0) is 35.6 Å². The van der Waals surface area contributed by atoms with Crippen LogP contribution < -0.4 is 5.32 Å². The van der Waals surface area contributed by atoms with E-state index in [1.165, 1.54) is 17.9 Å². The molecule has 3 rings (SSSR count). The molecule has 4 nitrogen and oxygen atoms in total. The second-order valence-corrected chi connectivity index (χ2v) is 7.22. The van der Waals surface area contributed by atoms with E-state index >= 15 is 0 Å². The molecule has 4 heteroatoms. The second-order valence-electron chi connectivity index (χ2n) is 7.22. The zero-order chi connectivity index (χ0) is 18.4. The number of amides is 1. The topological polar surface area (TPSA) is 55.4 Å². The monoisotopic (exact) mass is 353 g/mol. The largest absolute Gasteiger partial charge is 0.467 e. The number of fused-ring (bicyclic) bond motifs is 1. The van der Waals surface area contributed by atoms with Gasteiger partial charge in [-0.25, -0.2) is 4.79 Å². The van der Waals surface area contributed by atoms with Crippen molar-refractivity contribution < 1.29 is 14.3 Å². The molecule has 1 amide bonds. The summed E-state index contributed by atoms with van der Waals surface area (Å²) in [5.74, 6) is -0.385. The van der Waals surface area contributed by atoms with E-state index in [0.29, 0.717) is 25.7 Å². The molecule has 0 atom stereocenters. The molecule has 0 aliphatic heterocycles. The lowest BCUT2D eigenvalue weighted by Gasteiger charge is -2.31. The molecule has 0 bridgehead atoms. The van der Waals surface area contributed by atoms with E-state index in [9.17, 15) is 9.59 Å². The predicted molar refractivity (Wildman–Crippen MR) is 103 cm³/mol. The molecule has 0 spiro atoms. The molecule has 2 aromatic rings. The van der Waals surface area contributed by atoms with Crippen molar-refractivity contribution in [1.82, 2.24) is 5.32 Å². The van der Waals surface area contributed by atoms with E-state index in [1.807, 2.05) is 12.1 Å². The maximum absolute atomic E-state index is 12.6. The van der Waals surface area contributed by atoms with Gasteiger partial charge >= 0.3 is 5.97 Å². The van der Waals surface area contributed by atoms with E-state index < -0.39 is 5.54 Å². The summed E-state index contributed by atoms with van der Waals surface area (Å²) >= 11 is 0. The highest BCUT2D eigenvalue weighted by molar-refractivity contribution is 5.88. The molecule has 138 valence electrons. The van der Waals surface area contributed by atoms with Crippen LogP contribution in [-0.2, 0) is 20.7 Å². The van der Waals surface area contributed by atoms with Crippen LogP contribution in [0.25, 0.3) is 10.8 Å². The van der Waals surface area contributed by atoms with Gasteiger partial charge in [0.15, 0.2) is 0 Å². The average molecular weight is 353 g/mol. The van der Waals surface area contributed by atoms with Gasteiger partial charge < -0.3 is 10.1 Å². The minimum absolute atomic E-state index is 0.0783. The Morgan fingerprint density at radius 1 is 1.00 bits per heavy atom. The van der Waals surface area contributed by atoms with Gasteiger partial charge in [0.25, 0.3) is 0 Å². The molecule has 26 heavy (non-hydrogen) atoms. The Balaban J connectivity index is 1.64. The number of benzene rings is 2. The van der Waals surface area contributed by atoms with Crippen LogP contribution in [0.3, 0.4) is 0 Å². The van der Waals surface area contributed by atoms with Crippen LogP contribution in [-0.4, -0.2) is 24.5 Å². The molecule has 0 saturated heterocycles. The van der Waals surface area contributed by atoms with Gasteiger partial charge in [0, 0.05) is 6.42 Å². The van der Waals surface area contributed by atoms with E-state index in [-0.39, 0.29) is 11.9 Å². The van der Waals surface area contributed by atoms with Gasteiger partial charge in [-0.2, -0.15) is 0 Å². The molecule has 1 fully saturated rings. The molecular formula is C22H27NO3. The molecule has 0 heterocycles. The Kier molecular flexibility index (Phi) is 5.92. The minimum Gasteiger partial charge on any atom is -0.467 e. The third-order valence-electron chi connectivity index (χ3n) is 5.37. The zero-order valence-electron chi connectivity index (χ0n) is 15.4. The highest BCUT2D eigenvalue weighted by atomic mass is 16.5. The minimum atomic E-state index is -0.842. The third-order valence-corrected chi connectivity index (χ3v) is 5.37. The number of methoxy groups -OCH3 is 1. The first-order chi connectivity index (χ1) is 12.6. The molecule has 0 unspecified atom stereocenters. The predicted octanol–water partition coefficient (Wildman–Crippen LogP) is 4.15. The quantitative estimate of drug-likeness (QED) is 0.649. The number of esters is 1. The van der Waals surface area contributed by atoms with Crippen LogP contribution in [0.1, 0.15) is 50.5 Å². The van der Waals surface area contributed by atoms with Gasteiger partial charge in [-0.15, -0.1) is 0 Å². The third kappa shape index (κ3) is 4.24. The van der Waals surface area contributed by atoms with Crippen molar-refractivity contribution in [1.29, 1.82) is 0 Å². The Bertz CT molecular complexity index is 776. The van der Waals surface area contributed by atoms with E-state index in [1.54, 1.807) is 0 Å². The van der Waals surface area contributed by atoms with Crippen LogP contribution in [0.2, 0.25) is 0 Å². The van der Waals surface area contributed by atoms with Crippen molar-refractivity contribution in [2.24, 2.45) is 0 Å². The first kappa shape index (κ1) is 18.4. The van der Waals surface area contributed by atoms with Crippen LogP contribution in [0.4, 0.5) is 0 Å². The molecule has 2 aromatic carbocycles. The molecule has 1 aliphatic carbocycles. The number of ether oxygens (including phenoxy) is 1. The number of carbonyl (C=O) groups is 2. The molecule has 1 saturated carbocycles. The van der Waals surface area contributed by atoms with Gasteiger partial charge in [0.05, 0.1) is 7.11 Å². The number of carbonyl (C=O) groups excluding carboxylic acids is 2. The summed E-state index contributed by atoms with van der Waals surface area (Å²) in [5, 5.41) is 5.40. The van der Waals surface area contributed by atoms with Gasteiger partial charge in [0.1, 0.15) is 5.54 Å². The SMILES string of the molecule is COC(=O)C1(NC(=O)CCc2ccc3ccccc3c2)CCCCCC1. The first-order valence-electron chi connectivity index (χ1n) is 9.50.